The molecule has 0 aliphatic carbocycles. The summed E-state index contributed by atoms with van der Waals surface area (Å²) in [7, 11) is 3.09. The third-order valence-corrected chi connectivity index (χ3v) is 4.10. The third-order valence-electron chi connectivity index (χ3n) is 3.26. The van der Waals surface area contributed by atoms with Crippen LogP contribution in [0, 0.1) is 0 Å². The van der Waals surface area contributed by atoms with Crippen LogP contribution in [0.5, 0.6) is 17.2 Å². The zero-order valence-electron chi connectivity index (χ0n) is 13.4. The Kier molecular flexibility index (Phi) is 5.22. The van der Waals surface area contributed by atoms with Crippen molar-refractivity contribution in [2.45, 2.75) is 17.6 Å². The number of benzene rings is 1. The van der Waals surface area contributed by atoms with Gasteiger partial charge in [-0.05, 0) is 12.1 Å². The Morgan fingerprint density at radius 3 is 2.76 bits per heavy atom. The van der Waals surface area contributed by atoms with Crippen molar-refractivity contribution in [1.29, 1.82) is 0 Å². The van der Waals surface area contributed by atoms with E-state index in [1.165, 1.54) is 37.1 Å². The van der Waals surface area contributed by atoms with Crippen LogP contribution in [0.25, 0.3) is 11.1 Å². The number of oxazole rings is 1. The van der Waals surface area contributed by atoms with E-state index in [9.17, 15) is 8.78 Å². The average molecular weight is 368 g/mol. The molecule has 2 aromatic heterocycles. The summed E-state index contributed by atoms with van der Waals surface area (Å²) in [4.78, 5) is 8.54. The van der Waals surface area contributed by atoms with Crippen molar-refractivity contribution in [2.24, 2.45) is 0 Å². The lowest BCUT2D eigenvalue weighted by molar-refractivity contribution is -0.0497. The van der Waals surface area contributed by atoms with Crippen LogP contribution in [-0.4, -0.2) is 30.8 Å². The number of aromatic nitrogens is 2. The SMILES string of the molecule is COc1ccnc(CSc2nc3cc(OC(F)F)ccc3o2)c1OC. The number of nitrogens with zero attached hydrogens (tertiary/aromatic N) is 2. The zero-order chi connectivity index (χ0) is 17.8. The third kappa shape index (κ3) is 3.93. The van der Waals surface area contributed by atoms with E-state index in [0.29, 0.717) is 39.3 Å². The van der Waals surface area contributed by atoms with E-state index in [1.807, 2.05) is 0 Å². The van der Waals surface area contributed by atoms with Crippen molar-refractivity contribution in [3.63, 3.8) is 0 Å². The first kappa shape index (κ1) is 17.3. The fourth-order valence-corrected chi connectivity index (χ4v) is 2.98. The number of rotatable bonds is 7. The van der Waals surface area contributed by atoms with Gasteiger partial charge in [-0.15, -0.1) is 0 Å². The highest BCUT2D eigenvalue weighted by molar-refractivity contribution is 7.98. The van der Waals surface area contributed by atoms with Gasteiger partial charge >= 0.3 is 6.61 Å². The molecule has 0 aliphatic rings. The summed E-state index contributed by atoms with van der Waals surface area (Å²) < 4.78 is 45.0. The molecule has 9 heteroatoms. The van der Waals surface area contributed by atoms with Gasteiger partial charge in [-0.3, -0.25) is 4.98 Å². The lowest BCUT2D eigenvalue weighted by atomic mass is 10.3. The van der Waals surface area contributed by atoms with Crippen molar-refractivity contribution in [2.75, 3.05) is 14.2 Å². The van der Waals surface area contributed by atoms with Crippen LogP contribution in [0.2, 0.25) is 0 Å². The molecule has 6 nitrogen and oxygen atoms in total. The fraction of sp³-hybridized carbons (Fsp3) is 0.250. The molecule has 0 unspecified atom stereocenters. The van der Waals surface area contributed by atoms with Gasteiger partial charge in [-0.25, -0.2) is 4.98 Å². The normalized spacial score (nSPS) is 11.1. The molecular formula is C16H14F2N2O4S. The number of methoxy groups -OCH3 is 2. The molecule has 2 heterocycles. The summed E-state index contributed by atoms with van der Waals surface area (Å²) in [6, 6.07) is 6.05. The van der Waals surface area contributed by atoms with E-state index in [-0.39, 0.29) is 5.75 Å². The number of pyridine rings is 1. The second-order valence-corrected chi connectivity index (χ2v) is 5.70. The van der Waals surface area contributed by atoms with Crippen LogP contribution >= 0.6 is 11.8 Å². The second kappa shape index (κ2) is 7.56. The van der Waals surface area contributed by atoms with Gasteiger partial charge in [0.05, 0.1) is 19.9 Å². The lowest BCUT2D eigenvalue weighted by Crippen LogP contribution is -2.01. The molecular weight excluding hydrogens is 354 g/mol. The predicted molar refractivity (Wildman–Crippen MR) is 87.5 cm³/mol. The maximum atomic E-state index is 12.3. The number of halogens is 2. The van der Waals surface area contributed by atoms with Crippen molar-refractivity contribution in [3.8, 4) is 17.2 Å². The highest BCUT2D eigenvalue weighted by Crippen LogP contribution is 2.34. The van der Waals surface area contributed by atoms with Gasteiger partial charge in [-0.2, -0.15) is 8.78 Å². The molecule has 3 aromatic rings. The molecule has 3 rings (SSSR count). The van der Waals surface area contributed by atoms with Crippen LogP contribution in [-0.2, 0) is 5.75 Å². The standard InChI is InChI=1S/C16H14F2N2O4S/c1-21-13-5-6-19-11(14(13)22-2)8-25-16-20-10-7-9(23-15(17)18)3-4-12(10)24-16/h3-7,15H,8H2,1-2H3. The molecule has 0 aliphatic heterocycles. The molecule has 25 heavy (non-hydrogen) atoms. The first-order valence-electron chi connectivity index (χ1n) is 7.14. The van der Waals surface area contributed by atoms with Gasteiger partial charge in [0.25, 0.3) is 5.22 Å². The molecule has 0 radical (unpaired) electrons. The number of alkyl halides is 2. The number of hydrogen-bond donors (Lipinski definition) is 0. The Labute approximate surface area is 146 Å². The maximum Gasteiger partial charge on any atom is 0.387 e. The lowest BCUT2D eigenvalue weighted by Gasteiger charge is -2.10. The number of hydrogen-bond acceptors (Lipinski definition) is 7. The van der Waals surface area contributed by atoms with E-state index >= 15 is 0 Å². The van der Waals surface area contributed by atoms with E-state index in [4.69, 9.17) is 13.9 Å². The van der Waals surface area contributed by atoms with Crippen LogP contribution < -0.4 is 14.2 Å². The Hall–Kier alpha value is -2.55. The van der Waals surface area contributed by atoms with E-state index in [1.54, 1.807) is 19.4 Å². The highest BCUT2D eigenvalue weighted by atomic mass is 32.2. The van der Waals surface area contributed by atoms with Gasteiger partial charge in [0.2, 0.25) is 0 Å². The van der Waals surface area contributed by atoms with Crippen molar-refractivity contribution >= 4 is 22.9 Å². The minimum atomic E-state index is -2.88. The van der Waals surface area contributed by atoms with E-state index < -0.39 is 6.61 Å². The molecule has 0 saturated carbocycles. The highest BCUT2D eigenvalue weighted by Gasteiger charge is 2.14. The van der Waals surface area contributed by atoms with E-state index in [0.717, 1.165) is 0 Å². The molecule has 0 N–H and O–H groups in total. The monoisotopic (exact) mass is 368 g/mol. The van der Waals surface area contributed by atoms with Crippen molar-refractivity contribution in [3.05, 3.63) is 36.2 Å². The summed E-state index contributed by atoms with van der Waals surface area (Å²) in [6.45, 7) is -2.88. The quantitative estimate of drug-likeness (QED) is 0.581. The molecule has 0 amide bonds. The Bertz CT molecular complexity index is 872. The van der Waals surface area contributed by atoms with Gasteiger partial charge in [-0.1, -0.05) is 11.8 Å². The van der Waals surface area contributed by atoms with Gasteiger partial charge in [0.15, 0.2) is 17.1 Å². The summed E-state index contributed by atoms with van der Waals surface area (Å²) in [5.41, 5.74) is 1.59. The van der Waals surface area contributed by atoms with E-state index in [2.05, 4.69) is 14.7 Å². The summed E-state index contributed by atoms with van der Waals surface area (Å²) in [6.07, 6.45) is 1.62. The predicted octanol–water partition coefficient (Wildman–Crippen LogP) is 4.13. The maximum absolute atomic E-state index is 12.3. The summed E-state index contributed by atoms with van der Waals surface area (Å²) in [5, 5.41) is 0.385. The van der Waals surface area contributed by atoms with Gasteiger partial charge in [0.1, 0.15) is 11.3 Å². The first-order valence-corrected chi connectivity index (χ1v) is 8.13. The molecule has 0 spiro atoms. The molecule has 0 atom stereocenters. The van der Waals surface area contributed by atoms with Crippen LogP contribution in [0.1, 0.15) is 5.69 Å². The summed E-state index contributed by atoms with van der Waals surface area (Å²) in [5.74, 6) is 1.59. The Morgan fingerprint density at radius 1 is 1.20 bits per heavy atom. The molecule has 0 bridgehead atoms. The van der Waals surface area contributed by atoms with Gasteiger partial charge in [0, 0.05) is 24.1 Å². The number of ether oxygens (including phenoxy) is 3. The molecule has 1 aromatic carbocycles. The summed E-state index contributed by atoms with van der Waals surface area (Å²) >= 11 is 1.30. The zero-order valence-corrected chi connectivity index (χ0v) is 14.2. The second-order valence-electron chi connectivity index (χ2n) is 4.77. The Morgan fingerprint density at radius 2 is 2.04 bits per heavy atom. The minimum absolute atomic E-state index is 0.0310. The van der Waals surface area contributed by atoms with Crippen LogP contribution in [0.3, 0.4) is 0 Å². The van der Waals surface area contributed by atoms with Gasteiger partial charge < -0.3 is 18.6 Å². The van der Waals surface area contributed by atoms with Crippen LogP contribution in [0.15, 0.2) is 40.1 Å². The molecule has 0 fully saturated rings. The topological polar surface area (TPSA) is 66.6 Å². The largest absolute Gasteiger partial charge is 0.493 e. The fourth-order valence-electron chi connectivity index (χ4n) is 2.21. The molecule has 132 valence electrons. The average Bonchev–Trinajstić information content (AvgIpc) is 3.01. The Balaban J connectivity index is 1.77. The molecule has 0 saturated heterocycles. The first-order chi connectivity index (χ1) is 12.1. The smallest absolute Gasteiger partial charge is 0.387 e. The van der Waals surface area contributed by atoms with Crippen molar-refractivity contribution in [1.82, 2.24) is 9.97 Å². The minimum Gasteiger partial charge on any atom is -0.493 e. The number of thioether (sulfide) groups is 1. The van der Waals surface area contributed by atoms with Crippen molar-refractivity contribution < 1.29 is 27.4 Å². The number of fused-ring (bicyclic) bond motifs is 1. The van der Waals surface area contributed by atoms with Crippen LogP contribution in [0.4, 0.5) is 8.78 Å².